The second kappa shape index (κ2) is 6.24. The zero-order chi connectivity index (χ0) is 15.0. The number of hydrogen-bond acceptors (Lipinski definition) is 4. The second-order valence-electron chi connectivity index (χ2n) is 5.93. The van der Waals surface area contributed by atoms with Crippen molar-refractivity contribution >= 4 is 28.8 Å². The van der Waals surface area contributed by atoms with Gasteiger partial charge in [-0.1, -0.05) is 11.6 Å². The predicted octanol–water partition coefficient (Wildman–Crippen LogP) is 2.78. The summed E-state index contributed by atoms with van der Waals surface area (Å²) in [5, 5.41) is 0. The molecule has 2 fully saturated rings. The van der Waals surface area contributed by atoms with Crippen molar-refractivity contribution in [2.24, 2.45) is 0 Å². The summed E-state index contributed by atoms with van der Waals surface area (Å²) in [6, 6.07) is 4.24. The van der Waals surface area contributed by atoms with Gasteiger partial charge in [-0.15, -0.1) is 11.3 Å². The molecule has 3 rings (SSSR count). The third-order valence-corrected chi connectivity index (χ3v) is 5.61. The largest absolute Gasteiger partial charge is 0.370 e. The number of likely N-dealkylation sites (tertiary alicyclic amines) is 1. The smallest absolute Gasteiger partial charge is 0.240 e. The maximum absolute atomic E-state index is 12.5. The van der Waals surface area contributed by atoms with Gasteiger partial charge in [0.05, 0.1) is 17.0 Å². The molecule has 0 aliphatic carbocycles. The fourth-order valence-corrected chi connectivity index (χ4v) is 4.27. The Morgan fingerprint density at radius 1 is 1.38 bits per heavy atom. The first-order valence-electron chi connectivity index (χ1n) is 7.47. The zero-order valence-corrected chi connectivity index (χ0v) is 14.0. The number of halogens is 1. The lowest BCUT2D eigenvalue weighted by molar-refractivity contribution is -0.136. The molecule has 6 heteroatoms. The van der Waals surface area contributed by atoms with Crippen LogP contribution >= 0.6 is 22.9 Å². The summed E-state index contributed by atoms with van der Waals surface area (Å²) in [5.74, 6) is 0.273. The van der Waals surface area contributed by atoms with Crippen molar-refractivity contribution in [2.75, 3.05) is 26.2 Å². The van der Waals surface area contributed by atoms with Crippen LogP contribution in [0.25, 0.3) is 0 Å². The lowest BCUT2D eigenvalue weighted by atomic mass is 10.1. The highest BCUT2D eigenvalue weighted by Crippen LogP contribution is 2.32. The van der Waals surface area contributed by atoms with Gasteiger partial charge in [-0.2, -0.15) is 0 Å². The molecule has 4 nitrogen and oxygen atoms in total. The van der Waals surface area contributed by atoms with E-state index >= 15 is 0 Å². The van der Waals surface area contributed by atoms with Crippen molar-refractivity contribution in [3.63, 3.8) is 0 Å². The fourth-order valence-electron chi connectivity index (χ4n) is 3.16. The van der Waals surface area contributed by atoms with Gasteiger partial charge in [-0.3, -0.25) is 9.69 Å². The molecule has 1 aromatic rings. The summed E-state index contributed by atoms with van der Waals surface area (Å²) in [6.45, 7) is 7.31. The molecular weight excluding hydrogens is 308 g/mol. The number of hydrogen-bond donors (Lipinski definition) is 0. The maximum atomic E-state index is 12.5. The predicted molar refractivity (Wildman–Crippen MR) is 84.8 cm³/mol. The zero-order valence-electron chi connectivity index (χ0n) is 12.4. The quantitative estimate of drug-likeness (QED) is 0.855. The molecule has 2 aliphatic heterocycles. The van der Waals surface area contributed by atoms with Crippen LogP contribution in [-0.2, 0) is 9.53 Å². The van der Waals surface area contributed by atoms with Gasteiger partial charge in [-0.05, 0) is 32.4 Å². The molecular formula is C15H21ClN2O2S. The lowest BCUT2D eigenvalue weighted by Gasteiger charge is -2.35. The Hall–Kier alpha value is -0.620. The van der Waals surface area contributed by atoms with Crippen LogP contribution in [0.2, 0.25) is 4.34 Å². The van der Waals surface area contributed by atoms with Crippen LogP contribution in [0, 0.1) is 0 Å². The van der Waals surface area contributed by atoms with E-state index in [-0.39, 0.29) is 24.1 Å². The van der Waals surface area contributed by atoms with Crippen LogP contribution < -0.4 is 0 Å². The summed E-state index contributed by atoms with van der Waals surface area (Å²) < 4.78 is 6.65. The van der Waals surface area contributed by atoms with Crippen molar-refractivity contribution < 1.29 is 9.53 Å². The molecule has 21 heavy (non-hydrogen) atoms. The van der Waals surface area contributed by atoms with Gasteiger partial charge in [0.25, 0.3) is 0 Å². The van der Waals surface area contributed by atoms with Gasteiger partial charge in [-0.25, -0.2) is 0 Å². The van der Waals surface area contributed by atoms with Gasteiger partial charge in [0.2, 0.25) is 5.91 Å². The summed E-state index contributed by atoms with van der Waals surface area (Å²) in [6.07, 6.45) is 0.965. The molecule has 2 aliphatic rings. The van der Waals surface area contributed by atoms with Crippen molar-refractivity contribution in [2.45, 2.75) is 38.5 Å². The van der Waals surface area contributed by atoms with Crippen LogP contribution in [0.1, 0.15) is 31.2 Å². The van der Waals surface area contributed by atoms with Crippen molar-refractivity contribution in [1.29, 1.82) is 0 Å². The standard InChI is InChI=1S/C15H21ClN2O2S/c1-10(2)18-6-5-11(15(18)19)17-7-8-20-12(9-17)13-3-4-14(16)21-13/h3-4,10-12H,5-9H2,1-2H3/t11-,12+/m1/s1. The molecule has 2 saturated heterocycles. The number of carbonyl (C=O) groups is 1. The number of carbonyl (C=O) groups excluding carboxylic acids is 1. The van der Waals surface area contributed by atoms with Crippen molar-refractivity contribution in [1.82, 2.24) is 9.80 Å². The third-order valence-electron chi connectivity index (χ3n) is 4.28. The van der Waals surface area contributed by atoms with E-state index in [4.69, 9.17) is 16.3 Å². The molecule has 0 N–H and O–H groups in total. The van der Waals surface area contributed by atoms with Crippen LogP contribution in [0.4, 0.5) is 0 Å². The van der Waals surface area contributed by atoms with Gasteiger partial charge in [0.15, 0.2) is 0 Å². The molecule has 0 unspecified atom stereocenters. The van der Waals surface area contributed by atoms with Crippen LogP contribution in [-0.4, -0.2) is 54.0 Å². The Labute approximate surface area is 134 Å². The Kier molecular flexibility index (Phi) is 4.54. The highest BCUT2D eigenvalue weighted by Gasteiger charge is 2.39. The van der Waals surface area contributed by atoms with E-state index in [0.717, 1.165) is 35.3 Å². The van der Waals surface area contributed by atoms with Crippen molar-refractivity contribution in [3.8, 4) is 0 Å². The molecule has 0 aromatic carbocycles. The van der Waals surface area contributed by atoms with E-state index in [1.165, 1.54) is 0 Å². The first-order chi connectivity index (χ1) is 10.1. The average molecular weight is 329 g/mol. The minimum Gasteiger partial charge on any atom is -0.370 e. The van der Waals surface area contributed by atoms with Crippen LogP contribution in [0.3, 0.4) is 0 Å². The van der Waals surface area contributed by atoms with Gasteiger partial charge >= 0.3 is 0 Å². The summed E-state index contributed by atoms with van der Waals surface area (Å²) >= 11 is 7.57. The molecule has 116 valence electrons. The first-order valence-corrected chi connectivity index (χ1v) is 8.67. The Morgan fingerprint density at radius 3 is 2.81 bits per heavy atom. The summed E-state index contributed by atoms with van der Waals surface area (Å²) in [4.78, 5) is 17.9. The number of amides is 1. The molecule has 0 radical (unpaired) electrons. The van der Waals surface area contributed by atoms with Crippen LogP contribution in [0.15, 0.2) is 12.1 Å². The summed E-state index contributed by atoms with van der Waals surface area (Å²) in [5.41, 5.74) is 0. The SMILES string of the molecule is CC(C)N1CC[C@@H](N2CCO[C@H](c3ccc(Cl)s3)C2)C1=O. The van der Waals surface area contributed by atoms with Gasteiger partial charge in [0.1, 0.15) is 6.10 Å². The van der Waals surface area contributed by atoms with Gasteiger partial charge in [0, 0.05) is 30.6 Å². The highest BCUT2D eigenvalue weighted by atomic mass is 35.5. The van der Waals surface area contributed by atoms with E-state index in [9.17, 15) is 4.79 Å². The Bertz CT molecular complexity index is 520. The Morgan fingerprint density at radius 2 is 2.19 bits per heavy atom. The minimum atomic E-state index is 0.0224. The Balaban J connectivity index is 1.68. The summed E-state index contributed by atoms with van der Waals surface area (Å²) in [7, 11) is 0. The molecule has 1 aromatic heterocycles. The fraction of sp³-hybridized carbons (Fsp3) is 0.667. The average Bonchev–Trinajstić information content (AvgIpc) is 3.05. The van der Waals surface area contributed by atoms with Crippen LogP contribution in [0.5, 0.6) is 0 Å². The van der Waals surface area contributed by atoms with E-state index in [0.29, 0.717) is 6.61 Å². The number of rotatable bonds is 3. The molecule has 0 bridgehead atoms. The van der Waals surface area contributed by atoms with E-state index in [1.807, 2.05) is 17.0 Å². The minimum absolute atomic E-state index is 0.0224. The van der Waals surface area contributed by atoms with Crippen molar-refractivity contribution in [3.05, 3.63) is 21.3 Å². The molecule has 0 spiro atoms. The normalized spacial score (nSPS) is 27.8. The number of morpholine rings is 1. The van der Waals surface area contributed by atoms with E-state index < -0.39 is 0 Å². The topological polar surface area (TPSA) is 32.8 Å². The lowest BCUT2D eigenvalue weighted by Crippen LogP contribution is -2.48. The van der Waals surface area contributed by atoms with E-state index in [2.05, 4.69) is 18.7 Å². The second-order valence-corrected chi connectivity index (χ2v) is 7.67. The monoisotopic (exact) mass is 328 g/mol. The molecule has 2 atom stereocenters. The van der Waals surface area contributed by atoms with E-state index in [1.54, 1.807) is 11.3 Å². The number of thiophene rings is 1. The molecule has 1 amide bonds. The molecule has 3 heterocycles. The number of ether oxygens (including phenoxy) is 1. The third kappa shape index (κ3) is 3.11. The van der Waals surface area contributed by atoms with Gasteiger partial charge < -0.3 is 9.64 Å². The first kappa shape index (κ1) is 15.3. The number of nitrogens with zero attached hydrogens (tertiary/aromatic N) is 2. The molecule has 0 saturated carbocycles. The highest BCUT2D eigenvalue weighted by molar-refractivity contribution is 7.16. The maximum Gasteiger partial charge on any atom is 0.240 e.